The number of halogens is 1. The van der Waals surface area contributed by atoms with Gasteiger partial charge >= 0.3 is 0 Å². The van der Waals surface area contributed by atoms with Crippen molar-refractivity contribution in [2.75, 3.05) is 4.90 Å². The molecule has 6 rings (SSSR count). The minimum atomic E-state index is -0.951. The number of rotatable bonds is 6. The first-order chi connectivity index (χ1) is 19.3. The van der Waals surface area contributed by atoms with Crippen molar-refractivity contribution in [3.8, 4) is 0 Å². The second-order valence-corrected chi connectivity index (χ2v) is 11.0. The molecule has 0 unspecified atom stereocenters. The van der Waals surface area contributed by atoms with Gasteiger partial charge in [-0.2, -0.15) is 0 Å². The molecule has 8 heteroatoms. The summed E-state index contributed by atoms with van der Waals surface area (Å²) < 4.78 is 0.809. The average Bonchev–Trinajstić information content (AvgIpc) is 3.44. The van der Waals surface area contributed by atoms with Crippen molar-refractivity contribution in [1.82, 2.24) is 4.90 Å². The largest absolute Gasteiger partial charge is 0.359 e. The summed E-state index contributed by atoms with van der Waals surface area (Å²) in [6.07, 6.45) is 5.00. The molecule has 3 aromatic carbocycles. The lowest BCUT2D eigenvalue weighted by molar-refractivity contribution is -0.123. The van der Waals surface area contributed by atoms with E-state index < -0.39 is 35.7 Å². The van der Waals surface area contributed by atoms with Crippen LogP contribution in [0.2, 0.25) is 0 Å². The Hall–Kier alpha value is -4.43. The predicted octanol–water partition coefficient (Wildman–Crippen LogP) is 5.03. The summed E-state index contributed by atoms with van der Waals surface area (Å²) in [5.41, 5.74) is 2.12. The Morgan fingerprint density at radius 3 is 2.02 bits per heavy atom. The highest BCUT2D eigenvalue weighted by Gasteiger charge is 2.63. The molecule has 3 aliphatic heterocycles. The first kappa shape index (κ1) is 25.8. The molecule has 0 bridgehead atoms. The first-order valence-corrected chi connectivity index (χ1v) is 13.6. The second kappa shape index (κ2) is 9.95. The van der Waals surface area contributed by atoms with Crippen molar-refractivity contribution in [2.24, 2.45) is 11.8 Å². The summed E-state index contributed by atoms with van der Waals surface area (Å²) in [5, 5.41) is 0. The molecule has 0 aliphatic carbocycles. The van der Waals surface area contributed by atoms with Crippen molar-refractivity contribution in [3.63, 3.8) is 0 Å². The number of hydrogen-bond donors (Lipinski definition) is 0. The van der Waals surface area contributed by atoms with Crippen LogP contribution in [-0.2, 0) is 9.59 Å². The zero-order chi connectivity index (χ0) is 28.1. The third-order valence-electron chi connectivity index (χ3n) is 7.78. The number of carbonyl (C=O) groups excluding carboxylic acids is 5. The molecule has 2 saturated heterocycles. The Bertz CT molecular complexity index is 1630. The highest BCUT2D eigenvalue weighted by molar-refractivity contribution is 9.10. The van der Waals surface area contributed by atoms with E-state index in [0.717, 1.165) is 9.37 Å². The third-order valence-corrected chi connectivity index (χ3v) is 8.30. The SMILES string of the molecule is CC(=O)c1ccc(N2C(=O)[C@@H]3[C@@H](C2=O)[C@@H]2C=C(C(=O)c4ccccc4)C=CN2[C@@H]3C(=O)c2ccc(Br)cc2)cc1. The predicted molar refractivity (Wildman–Crippen MR) is 152 cm³/mol. The van der Waals surface area contributed by atoms with Crippen LogP contribution in [0, 0.1) is 11.8 Å². The van der Waals surface area contributed by atoms with Gasteiger partial charge in [-0.05, 0) is 49.4 Å². The van der Waals surface area contributed by atoms with Gasteiger partial charge in [-0.25, -0.2) is 4.90 Å². The first-order valence-electron chi connectivity index (χ1n) is 12.8. The van der Waals surface area contributed by atoms with Crippen LogP contribution in [0.3, 0.4) is 0 Å². The summed E-state index contributed by atoms with van der Waals surface area (Å²) in [5.74, 6) is -3.35. The second-order valence-electron chi connectivity index (χ2n) is 10.1. The highest BCUT2D eigenvalue weighted by Crippen LogP contribution is 2.47. The number of Topliss-reactive ketones (excluding diaryl/α,β-unsaturated/α-hetero) is 3. The highest BCUT2D eigenvalue weighted by atomic mass is 79.9. The van der Waals surface area contributed by atoms with Gasteiger partial charge in [0.25, 0.3) is 0 Å². The minimum absolute atomic E-state index is 0.131. The van der Waals surface area contributed by atoms with Gasteiger partial charge in [0, 0.05) is 32.9 Å². The molecule has 0 spiro atoms. The van der Waals surface area contributed by atoms with Crippen LogP contribution in [0.5, 0.6) is 0 Å². The van der Waals surface area contributed by atoms with E-state index in [1.54, 1.807) is 96.0 Å². The van der Waals surface area contributed by atoms with E-state index in [1.165, 1.54) is 6.92 Å². The van der Waals surface area contributed by atoms with Crippen molar-refractivity contribution in [2.45, 2.75) is 19.0 Å². The molecule has 0 N–H and O–H groups in total. The zero-order valence-corrected chi connectivity index (χ0v) is 22.9. The Labute approximate surface area is 238 Å². The minimum Gasteiger partial charge on any atom is -0.359 e. The molecular weight excluding hydrogens is 572 g/mol. The number of benzene rings is 3. The number of carbonyl (C=O) groups is 5. The normalized spacial score (nSPS) is 23.1. The maximum absolute atomic E-state index is 13.9. The van der Waals surface area contributed by atoms with Crippen LogP contribution in [-0.4, -0.2) is 46.1 Å². The zero-order valence-electron chi connectivity index (χ0n) is 21.4. The fourth-order valence-corrected chi connectivity index (χ4v) is 6.10. The average molecular weight is 595 g/mol. The van der Waals surface area contributed by atoms with Crippen LogP contribution in [0.4, 0.5) is 5.69 Å². The van der Waals surface area contributed by atoms with E-state index in [-0.39, 0.29) is 17.3 Å². The number of allylic oxidation sites excluding steroid dienone is 2. The van der Waals surface area contributed by atoms with Gasteiger partial charge in [-0.1, -0.05) is 64.5 Å². The Kier molecular flexibility index (Phi) is 6.43. The summed E-state index contributed by atoms with van der Waals surface area (Å²) in [7, 11) is 0. The number of anilines is 1. The van der Waals surface area contributed by atoms with Crippen LogP contribution >= 0.6 is 15.9 Å². The van der Waals surface area contributed by atoms with Crippen LogP contribution < -0.4 is 4.90 Å². The van der Waals surface area contributed by atoms with Crippen molar-refractivity contribution < 1.29 is 24.0 Å². The standard InChI is InChI=1S/C32H23BrN2O5/c1-18(36)19-9-13-24(14-10-19)35-31(39)26-25-17-22(29(37)20-5-3-2-4-6-20)15-16-34(25)28(27(26)32(35)40)30(38)21-7-11-23(33)12-8-21/h2-17,25-28H,1H3/t25-,26-,27+,28-/m0/s1. The summed E-state index contributed by atoms with van der Waals surface area (Å²) in [4.78, 5) is 69.6. The van der Waals surface area contributed by atoms with E-state index >= 15 is 0 Å². The Balaban J connectivity index is 1.42. The molecule has 40 heavy (non-hydrogen) atoms. The fraction of sp³-hybridized carbons (Fsp3) is 0.156. The fourth-order valence-electron chi connectivity index (χ4n) is 5.84. The summed E-state index contributed by atoms with van der Waals surface area (Å²) >= 11 is 3.38. The van der Waals surface area contributed by atoms with E-state index in [0.29, 0.717) is 28.0 Å². The molecule has 3 heterocycles. The third kappa shape index (κ3) is 4.16. The number of ketones is 3. The maximum Gasteiger partial charge on any atom is 0.240 e. The van der Waals surface area contributed by atoms with Crippen LogP contribution in [0.25, 0.3) is 0 Å². The summed E-state index contributed by atoms with van der Waals surface area (Å²) in [6.45, 7) is 1.44. The lowest BCUT2D eigenvalue weighted by Crippen LogP contribution is -2.46. The molecule has 3 aliphatic rings. The number of hydrogen-bond acceptors (Lipinski definition) is 6. The van der Waals surface area contributed by atoms with E-state index in [2.05, 4.69) is 15.9 Å². The number of amides is 2. The molecule has 7 nitrogen and oxygen atoms in total. The molecule has 0 saturated carbocycles. The molecule has 4 atom stereocenters. The van der Waals surface area contributed by atoms with Crippen molar-refractivity contribution in [1.29, 1.82) is 0 Å². The topological polar surface area (TPSA) is 91.8 Å². The molecule has 2 fully saturated rings. The van der Waals surface area contributed by atoms with Gasteiger partial charge in [-0.3, -0.25) is 24.0 Å². The van der Waals surface area contributed by atoms with Gasteiger partial charge in [0.05, 0.1) is 23.6 Å². The van der Waals surface area contributed by atoms with Crippen LogP contribution in [0.15, 0.2) is 107 Å². The quantitative estimate of drug-likeness (QED) is 0.293. The molecule has 198 valence electrons. The number of nitrogens with zero attached hydrogens (tertiary/aromatic N) is 2. The summed E-state index contributed by atoms with van der Waals surface area (Å²) in [6, 6.07) is 20.4. The van der Waals surface area contributed by atoms with E-state index in [1.807, 2.05) is 6.07 Å². The van der Waals surface area contributed by atoms with E-state index in [9.17, 15) is 24.0 Å². The molecular formula is C32H23BrN2O5. The van der Waals surface area contributed by atoms with E-state index in [4.69, 9.17) is 0 Å². The molecule has 0 aromatic heterocycles. The van der Waals surface area contributed by atoms with Gasteiger partial charge in [0.2, 0.25) is 11.8 Å². The Morgan fingerprint density at radius 2 is 1.38 bits per heavy atom. The van der Waals surface area contributed by atoms with Gasteiger partial charge in [0.15, 0.2) is 17.3 Å². The maximum atomic E-state index is 13.9. The van der Waals surface area contributed by atoms with Gasteiger partial charge in [-0.15, -0.1) is 0 Å². The lowest BCUT2D eigenvalue weighted by atomic mass is 9.85. The monoisotopic (exact) mass is 594 g/mol. The molecule has 2 amide bonds. The lowest BCUT2D eigenvalue weighted by Gasteiger charge is -2.32. The van der Waals surface area contributed by atoms with Crippen LogP contribution in [0.1, 0.15) is 38.0 Å². The molecule has 0 radical (unpaired) electrons. The van der Waals surface area contributed by atoms with Crippen molar-refractivity contribution >= 4 is 50.8 Å². The van der Waals surface area contributed by atoms with Gasteiger partial charge < -0.3 is 4.90 Å². The number of imide groups is 1. The Morgan fingerprint density at radius 1 is 0.750 bits per heavy atom. The van der Waals surface area contributed by atoms with Crippen molar-refractivity contribution in [3.05, 3.63) is 124 Å². The van der Waals surface area contributed by atoms with Gasteiger partial charge in [0.1, 0.15) is 6.04 Å². The smallest absolute Gasteiger partial charge is 0.240 e. The molecule has 3 aromatic rings. The number of fused-ring (bicyclic) bond motifs is 3.